The van der Waals surface area contributed by atoms with Gasteiger partial charge in [0.2, 0.25) is 22.8 Å². The van der Waals surface area contributed by atoms with Crippen molar-refractivity contribution in [2.45, 2.75) is 0 Å². The molecule has 1 fully saturated rings. The number of anilines is 2. The highest BCUT2D eigenvalue weighted by molar-refractivity contribution is 7.80. The van der Waals surface area contributed by atoms with Crippen molar-refractivity contribution in [2.24, 2.45) is 0 Å². The van der Waals surface area contributed by atoms with Crippen molar-refractivity contribution in [2.75, 3.05) is 38.0 Å². The molecule has 1 aliphatic rings. The summed E-state index contributed by atoms with van der Waals surface area (Å²) in [5, 5.41) is 1.59. The molecule has 1 aromatic rings. The first-order chi connectivity index (χ1) is 8.40. The zero-order valence-electron chi connectivity index (χ0n) is 10.5. The SMILES string of the molecule is CN(C)c1nc(C(=O)N2NC2=S)nc(N(C)C)n1. The van der Waals surface area contributed by atoms with Crippen molar-refractivity contribution in [3.8, 4) is 0 Å². The summed E-state index contributed by atoms with van der Waals surface area (Å²) in [5.41, 5.74) is 2.61. The molecular weight excluding hydrogens is 254 g/mol. The van der Waals surface area contributed by atoms with Crippen LogP contribution in [0.5, 0.6) is 0 Å². The number of thiocarbonyl (C=S) groups is 1. The Hall–Kier alpha value is -2.03. The number of carbonyl (C=O) groups excluding carboxylic acids is 1. The Morgan fingerprint density at radius 3 is 1.89 bits per heavy atom. The lowest BCUT2D eigenvalue weighted by Gasteiger charge is -2.15. The summed E-state index contributed by atoms with van der Waals surface area (Å²) in [6.07, 6.45) is 0. The highest BCUT2D eigenvalue weighted by atomic mass is 32.1. The molecule has 1 amide bonds. The van der Waals surface area contributed by atoms with Gasteiger partial charge in [-0.25, -0.2) is 0 Å². The van der Waals surface area contributed by atoms with Gasteiger partial charge in [0.1, 0.15) is 0 Å². The lowest BCUT2D eigenvalue weighted by atomic mass is 10.5. The van der Waals surface area contributed by atoms with Crippen LogP contribution in [0.15, 0.2) is 0 Å². The topological polar surface area (TPSA) is 87.2 Å². The standard InChI is InChI=1S/C9H13N7OS/c1-14(2)7-10-5(6(17)16-9(18)13-16)11-8(12-7)15(3)4/h1-4H3,(H,13,18). The monoisotopic (exact) mass is 267 g/mol. The lowest BCUT2D eigenvalue weighted by molar-refractivity contribution is 0.0875. The summed E-state index contributed by atoms with van der Waals surface area (Å²) in [6.45, 7) is 0. The Bertz CT molecular complexity index is 489. The molecule has 0 saturated carbocycles. The fraction of sp³-hybridized carbons (Fsp3) is 0.444. The van der Waals surface area contributed by atoms with Crippen LogP contribution in [0.25, 0.3) is 0 Å². The Morgan fingerprint density at radius 2 is 1.56 bits per heavy atom. The van der Waals surface area contributed by atoms with E-state index in [9.17, 15) is 4.79 Å². The van der Waals surface area contributed by atoms with Gasteiger partial charge in [-0.1, -0.05) is 0 Å². The molecule has 0 radical (unpaired) electrons. The number of carbonyl (C=O) groups is 1. The van der Waals surface area contributed by atoms with Crippen molar-refractivity contribution < 1.29 is 4.79 Å². The smallest absolute Gasteiger partial charge is 0.317 e. The van der Waals surface area contributed by atoms with E-state index in [0.717, 1.165) is 0 Å². The van der Waals surface area contributed by atoms with E-state index in [4.69, 9.17) is 12.2 Å². The minimum absolute atomic E-state index is 0.0600. The van der Waals surface area contributed by atoms with Crippen LogP contribution in [0.3, 0.4) is 0 Å². The van der Waals surface area contributed by atoms with Gasteiger partial charge in [0.05, 0.1) is 0 Å². The van der Waals surface area contributed by atoms with Crippen LogP contribution in [0.1, 0.15) is 10.6 Å². The highest BCUT2D eigenvalue weighted by Gasteiger charge is 2.35. The number of rotatable bonds is 3. The van der Waals surface area contributed by atoms with Crippen LogP contribution in [0.4, 0.5) is 11.9 Å². The molecule has 1 aliphatic heterocycles. The molecule has 2 heterocycles. The zero-order valence-corrected chi connectivity index (χ0v) is 11.3. The third-order valence-electron chi connectivity index (χ3n) is 2.17. The van der Waals surface area contributed by atoms with E-state index in [0.29, 0.717) is 17.0 Å². The third-order valence-corrected chi connectivity index (χ3v) is 2.44. The van der Waals surface area contributed by atoms with Gasteiger partial charge in [-0.15, -0.1) is 0 Å². The Morgan fingerprint density at radius 1 is 1.11 bits per heavy atom. The van der Waals surface area contributed by atoms with Crippen LogP contribution < -0.4 is 15.2 Å². The van der Waals surface area contributed by atoms with Gasteiger partial charge in [-0.05, 0) is 12.2 Å². The van der Waals surface area contributed by atoms with Crippen LogP contribution in [-0.4, -0.2) is 59.2 Å². The number of amides is 1. The number of hydrogen-bond donors (Lipinski definition) is 1. The van der Waals surface area contributed by atoms with Gasteiger partial charge in [0.15, 0.2) is 0 Å². The lowest BCUT2D eigenvalue weighted by Crippen LogP contribution is -2.24. The number of aromatic nitrogens is 3. The van der Waals surface area contributed by atoms with E-state index >= 15 is 0 Å². The molecule has 96 valence electrons. The van der Waals surface area contributed by atoms with Gasteiger partial charge < -0.3 is 9.80 Å². The van der Waals surface area contributed by atoms with E-state index < -0.39 is 0 Å². The maximum Gasteiger partial charge on any atom is 0.317 e. The average molecular weight is 267 g/mol. The molecule has 9 heteroatoms. The van der Waals surface area contributed by atoms with Crippen LogP contribution in [0, 0.1) is 0 Å². The first-order valence-corrected chi connectivity index (χ1v) is 5.57. The predicted molar refractivity (Wildman–Crippen MR) is 70.4 cm³/mol. The van der Waals surface area contributed by atoms with Gasteiger partial charge in [-0.2, -0.15) is 20.0 Å². The maximum atomic E-state index is 12.0. The predicted octanol–water partition coefficient (Wildman–Crippen LogP) is -0.751. The fourth-order valence-corrected chi connectivity index (χ4v) is 1.34. The molecule has 0 aromatic carbocycles. The summed E-state index contributed by atoms with van der Waals surface area (Å²) in [7, 11) is 7.18. The van der Waals surface area contributed by atoms with E-state index in [1.165, 1.54) is 5.01 Å². The second-order valence-electron chi connectivity index (χ2n) is 4.11. The highest BCUT2D eigenvalue weighted by Crippen LogP contribution is 2.13. The molecule has 0 spiro atoms. The molecule has 1 N–H and O–H groups in total. The van der Waals surface area contributed by atoms with Crippen LogP contribution >= 0.6 is 12.2 Å². The summed E-state index contributed by atoms with van der Waals surface area (Å²) in [6, 6.07) is 0. The Kier molecular flexibility index (Phi) is 2.99. The molecular formula is C9H13N7OS. The minimum atomic E-state index is -0.381. The molecule has 0 aliphatic carbocycles. The normalized spacial score (nSPS) is 13.1. The largest absolute Gasteiger partial charge is 0.347 e. The Balaban J connectivity index is 2.40. The molecule has 1 aromatic heterocycles. The molecule has 0 bridgehead atoms. The summed E-state index contributed by atoms with van der Waals surface area (Å²) in [4.78, 5) is 27.8. The van der Waals surface area contributed by atoms with Gasteiger partial charge >= 0.3 is 5.91 Å². The van der Waals surface area contributed by atoms with Gasteiger partial charge in [-0.3, -0.25) is 10.2 Å². The van der Waals surface area contributed by atoms with Crippen molar-refractivity contribution >= 4 is 35.1 Å². The van der Waals surface area contributed by atoms with Crippen molar-refractivity contribution in [1.29, 1.82) is 0 Å². The second-order valence-corrected chi connectivity index (χ2v) is 4.49. The summed E-state index contributed by atoms with van der Waals surface area (Å²) in [5.74, 6) is 0.521. The molecule has 2 rings (SSSR count). The molecule has 0 unspecified atom stereocenters. The minimum Gasteiger partial charge on any atom is -0.347 e. The van der Waals surface area contributed by atoms with Gasteiger partial charge in [0, 0.05) is 28.2 Å². The molecule has 0 atom stereocenters. The molecule has 8 nitrogen and oxygen atoms in total. The van der Waals surface area contributed by atoms with Crippen molar-refractivity contribution in [1.82, 2.24) is 25.4 Å². The molecule has 18 heavy (non-hydrogen) atoms. The fourth-order valence-electron chi connectivity index (χ4n) is 1.16. The van der Waals surface area contributed by atoms with Crippen molar-refractivity contribution in [3.63, 3.8) is 0 Å². The van der Waals surface area contributed by atoms with Gasteiger partial charge in [0.25, 0.3) is 0 Å². The average Bonchev–Trinajstić information content (AvgIpc) is 3.04. The van der Waals surface area contributed by atoms with Crippen LogP contribution in [0.2, 0.25) is 0 Å². The molecule has 1 saturated heterocycles. The van der Waals surface area contributed by atoms with E-state index in [1.54, 1.807) is 38.0 Å². The number of nitrogens with one attached hydrogen (secondary N) is 1. The maximum absolute atomic E-state index is 12.0. The van der Waals surface area contributed by atoms with E-state index in [-0.39, 0.29) is 11.7 Å². The summed E-state index contributed by atoms with van der Waals surface area (Å²) < 4.78 is 0. The third kappa shape index (κ3) is 2.30. The van der Waals surface area contributed by atoms with Crippen LogP contribution in [-0.2, 0) is 0 Å². The number of hydrazine groups is 1. The quantitative estimate of drug-likeness (QED) is 0.565. The Labute approximate surface area is 110 Å². The first kappa shape index (κ1) is 12.4. The van der Waals surface area contributed by atoms with E-state index in [2.05, 4.69) is 20.4 Å². The van der Waals surface area contributed by atoms with E-state index in [1.807, 2.05) is 0 Å². The number of nitrogens with zero attached hydrogens (tertiary/aromatic N) is 6. The summed E-state index contributed by atoms with van der Waals surface area (Å²) >= 11 is 4.82. The van der Waals surface area contributed by atoms with Crippen molar-refractivity contribution in [3.05, 3.63) is 5.82 Å². The second kappa shape index (κ2) is 4.33. The zero-order chi connectivity index (χ0) is 13.4. The first-order valence-electron chi connectivity index (χ1n) is 5.16. The number of hydrogen-bond acceptors (Lipinski definition) is 7.